The van der Waals surface area contributed by atoms with E-state index in [2.05, 4.69) is 25.0 Å². The fraction of sp³-hybridized carbons (Fsp3) is 0.0526. The number of benzene rings is 2. The molecule has 0 spiro atoms. The zero-order chi connectivity index (χ0) is 22.4. The minimum atomic E-state index is -4.75. The van der Waals surface area contributed by atoms with Crippen molar-refractivity contribution in [3.05, 3.63) is 65.7 Å². The van der Waals surface area contributed by atoms with Crippen molar-refractivity contribution in [2.45, 2.75) is 16.7 Å². The SMILES string of the molecule is Cc1cc(Nc2ccccc2SOO[O-])nc(Nc2ccccc2S(=O)(=O)[O-])c1C#N.[Na+].[Na+]. The molecule has 0 aliphatic heterocycles. The summed E-state index contributed by atoms with van der Waals surface area (Å²) in [5, 5.41) is 28.8. The van der Waals surface area contributed by atoms with Crippen molar-refractivity contribution in [2.75, 3.05) is 10.6 Å². The normalized spacial score (nSPS) is 10.4. The number of pyridine rings is 1. The van der Waals surface area contributed by atoms with Crippen molar-refractivity contribution >= 4 is 45.2 Å². The van der Waals surface area contributed by atoms with E-state index in [1.165, 1.54) is 12.1 Å². The van der Waals surface area contributed by atoms with E-state index in [1.807, 2.05) is 6.07 Å². The predicted octanol–water partition coefficient (Wildman–Crippen LogP) is -3.11. The van der Waals surface area contributed by atoms with Gasteiger partial charge in [0.1, 0.15) is 22.0 Å². The molecular formula is C19H14N4Na2O6S2. The van der Waals surface area contributed by atoms with Crippen LogP contribution in [0.5, 0.6) is 0 Å². The summed E-state index contributed by atoms with van der Waals surface area (Å²) in [5.74, 6) is 0.378. The molecule has 0 aliphatic carbocycles. The Morgan fingerprint density at radius 2 is 1.70 bits per heavy atom. The van der Waals surface area contributed by atoms with E-state index in [-0.39, 0.29) is 76.2 Å². The second-order valence-corrected chi connectivity index (χ2v) is 8.17. The van der Waals surface area contributed by atoms with Crippen LogP contribution in [0.15, 0.2) is 64.4 Å². The zero-order valence-corrected chi connectivity index (χ0v) is 23.5. The third kappa shape index (κ3) is 7.93. The molecule has 1 aromatic heterocycles. The molecule has 0 aliphatic rings. The number of hydrogen-bond acceptors (Lipinski definition) is 11. The Kier molecular flexibility index (Phi) is 12.3. The largest absolute Gasteiger partial charge is 1.00 e. The van der Waals surface area contributed by atoms with E-state index in [4.69, 9.17) is 0 Å². The van der Waals surface area contributed by atoms with E-state index in [0.717, 1.165) is 6.07 Å². The summed E-state index contributed by atoms with van der Waals surface area (Å²) in [4.78, 5) is 4.42. The van der Waals surface area contributed by atoms with Crippen molar-refractivity contribution in [1.82, 2.24) is 4.98 Å². The molecule has 2 N–H and O–H groups in total. The maximum Gasteiger partial charge on any atom is 1.00 e. The topological polar surface area (TPSA) is 159 Å². The predicted molar refractivity (Wildman–Crippen MR) is 109 cm³/mol. The molecule has 0 fully saturated rings. The Hall–Kier alpha value is -1.18. The molecule has 0 bridgehead atoms. The molecule has 3 rings (SSSR count). The number of nitrogens with zero attached hydrogens (tertiary/aromatic N) is 2. The van der Waals surface area contributed by atoms with Crippen LogP contribution in [-0.4, -0.2) is 18.0 Å². The van der Waals surface area contributed by atoms with Gasteiger partial charge in [-0.3, -0.25) is 5.04 Å². The first kappa shape index (κ1) is 29.9. The molecule has 0 saturated heterocycles. The van der Waals surface area contributed by atoms with Gasteiger partial charge in [0.15, 0.2) is 5.82 Å². The van der Waals surface area contributed by atoms with Crippen LogP contribution in [0.2, 0.25) is 0 Å². The van der Waals surface area contributed by atoms with E-state index in [9.17, 15) is 23.5 Å². The van der Waals surface area contributed by atoms with Crippen molar-refractivity contribution in [1.29, 1.82) is 5.26 Å². The fourth-order valence-corrected chi connectivity index (χ4v) is 3.79. The van der Waals surface area contributed by atoms with Crippen molar-refractivity contribution in [2.24, 2.45) is 0 Å². The smallest absolute Gasteiger partial charge is 0.744 e. The summed E-state index contributed by atoms with van der Waals surface area (Å²) in [6, 6.07) is 16.0. The van der Waals surface area contributed by atoms with Gasteiger partial charge in [-0.05, 0) is 42.8 Å². The summed E-state index contributed by atoms with van der Waals surface area (Å²) in [7, 11) is -4.75. The van der Waals surface area contributed by atoms with Gasteiger partial charge in [0.2, 0.25) is 0 Å². The molecule has 14 heteroatoms. The van der Waals surface area contributed by atoms with Gasteiger partial charge in [0.05, 0.1) is 38.8 Å². The summed E-state index contributed by atoms with van der Waals surface area (Å²) in [6.45, 7) is 1.68. The minimum Gasteiger partial charge on any atom is -0.744 e. The zero-order valence-electron chi connectivity index (χ0n) is 17.9. The summed E-state index contributed by atoms with van der Waals surface area (Å²) in [6.07, 6.45) is 0. The van der Waals surface area contributed by atoms with Crippen molar-refractivity contribution in [3.63, 3.8) is 0 Å². The van der Waals surface area contributed by atoms with Crippen LogP contribution in [0, 0.1) is 18.3 Å². The maximum atomic E-state index is 11.6. The average Bonchev–Trinajstić information content (AvgIpc) is 2.73. The molecule has 2 aromatic carbocycles. The van der Waals surface area contributed by atoms with Crippen LogP contribution >= 0.6 is 12.0 Å². The molecule has 3 aromatic rings. The van der Waals surface area contributed by atoms with Gasteiger partial charge in [-0.25, -0.2) is 13.4 Å². The number of nitrogens with one attached hydrogen (secondary N) is 2. The Morgan fingerprint density at radius 3 is 2.33 bits per heavy atom. The molecule has 1 heterocycles. The van der Waals surface area contributed by atoms with E-state index >= 15 is 0 Å². The van der Waals surface area contributed by atoms with Gasteiger partial charge < -0.3 is 20.4 Å². The first-order valence-electron chi connectivity index (χ1n) is 8.56. The number of aryl methyl sites for hydroxylation is 1. The number of anilines is 4. The molecule has 160 valence electrons. The van der Waals surface area contributed by atoms with Crippen LogP contribution in [-0.2, 0) is 19.5 Å². The third-order valence-electron chi connectivity index (χ3n) is 4.04. The molecule has 33 heavy (non-hydrogen) atoms. The summed E-state index contributed by atoms with van der Waals surface area (Å²) < 4.78 is 39.0. The molecule has 0 atom stereocenters. The second kappa shape index (κ2) is 13.6. The minimum absolute atomic E-state index is 0. The van der Waals surface area contributed by atoms with Gasteiger partial charge in [-0.2, -0.15) is 9.60 Å². The molecule has 0 saturated carbocycles. The van der Waals surface area contributed by atoms with Crippen molar-refractivity contribution < 1.29 is 86.7 Å². The Balaban J connectivity index is 0.00000272. The van der Waals surface area contributed by atoms with Crippen molar-refractivity contribution in [3.8, 4) is 6.07 Å². The summed E-state index contributed by atoms with van der Waals surface area (Å²) >= 11 is 0.695. The average molecular weight is 504 g/mol. The molecule has 0 amide bonds. The monoisotopic (exact) mass is 504 g/mol. The number of hydrogen-bond donors (Lipinski definition) is 2. The molecule has 10 nitrogen and oxygen atoms in total. The first-order chi connectivity index (χ1) is 14.8. The van der Waals surface area contributed by atoms with Crippen LogP contribution in [0.25, 0.3) is 0 Å². The standard InChI is InChI=1S/C19H16N4O6S2.2Na/c1-12-10-18(21-14-6-2-4-8-16(14)30-29-28-24)23-19(13(12)11-20)22-15-7-3-5-9-17(15)31(25,26)27;;/h2-10,24H,1H3,(H2,21,22,23)(H,25,26,27);;/q;2*+1/p-2. The van der Waals surface area contributed by atoms with Gasteiger partial charge >= 0.3 is 59.1 Å². The van der Waals surface area contributed by atoms with E-state index in [1.54, 1.807) is 43.3 Å². The third-order valence-corrected chi connectivity index (χ3v) is 5.59. The van der Waals surface area contributed by atoms with Crippen LogP contribution in [0.3, 0.4) is 0 Å². The Bertz CT molecular complexity index is 1260. The van der Waals surface area contributed by atoms with Gasteiger partial charge in [-0.1, -0.05) is 24.3 Å². The fourth-order valence-electron chi connectivity index (χ4n) is 2.71. The number of para-hydroxylation sites is 2. The number of nitriles is 1. The molecule has 0 unspecified atom stereocenters. The molecular weight excluding hydrogens is 490 g/mol. The van der Waals surface area contributed by atoms with Gasteiger partial charge in [0.25, 0.3) is 0 Å². The van der Waals surface area contributed by atoms with Crippen LogP contribution < -0.4 is 75.0 Å². The van der Waals surface area contributed by atoms with E-state index in [0.29, 0.717) is 34.0 Å². The maximum absolute atomic E-state index is 11.6. The number of aromatic nitrogens is 1. The van der Waals surface area contributed by atoms with Gasteiger partial charge in [-0.15, -0.1) is 0 Å². The Morgan fingerprint density at radius 1 is 1.06 bits per heavy atom. The van der Waals surface area contributed by atoms with Gasteiger partial charge in [0, 0.05) is 0 Å². The quantitative estimate of drug-likeness (QED) is 0.105. The second-order valence-electron chi connectivity index (χ2n) is 6.08. The number of rotatable bonds is 8. The summed E-state index contributed by atoms with van der Waals surface area (Å²) in [5.41, 5.74) is 1.26. The van der Waals surface area contributed by atoms with Crippen LogP contribution in [0.4, 0.5) is 23.0 Å². The van der Waals surface area contributed by atoms with Crippen LogP contribution in [0.1, 0.15) is 11.1 Å². The molecule has 0 radical (unpaired) electrons. The van der Waals surface area contributed by atoms with E-state index < -0.39 is 15.0 Å². The first-order valence-corrected chi connectivity index (χ1v) is 10.7. The Labute approximate surface area is 239 Å².